The molecule has 6 nitrogen and oxygen atoms in total. The summed E-state index contributed by atoms with van der Waals surface area (Å²) in [5, 5.41) is 0. The molecule has 0 aromatic heterocycles. The number of ketones is 1. The molecule has 24 heavy (non-hydrogen) atoms. The van der Waals surface area contributed by atoms with Crippen LogP contribution in [0.3, 0.4) is 0 Å². The second kappa shape index (κ2) is 7.03. The third-order valence-corrected chi connectivity index (χ3v) is 2.68. The van der Waals surface area contributed by atoms with Crippen molar-refractivity contribution in [3.8, 4) is 0 Å². The molecule has 1 rings (SSSR count). The number of nitrogens with zero attached hydrogens (tertiary/aromatic N) is 1. The maximum absolute atomic E-state index is 12.4. The highest BCUT2D eigenvalue weighted by Gasteiger charge is 2.32. The summed E-state index contributed by atoms with van der Waals surface area (Å²) in [6.07, 6.45) is -1.68. The SMILES string of the molecule is CC(=O)c1ccc(N(C(=O)OC(C)(C)C)C(=O)OC(C)(C)C)cc1. The minimum Gasteiger partial charge on any atom is -0.443 e. The monoisotopic (exact) mass is 335 g/mol. The van der Waals surface area contributed by atoms with Crippen LogP contribution < -0.4 is 4.90 Å². The molecule has 0 saturated carbocycles. The number of carbonyl (C=O) groups is 3. The van der Waals surface area contributed by atoms with Gasteiger partial charge in [-0.05, 0) is 72.7 Å². The summed E-state index contributed by atoms with van der Waals surface area (Å²) in [6.45, 7) is 11.7. The van der Waals surface area contributed by atoms with Crippen molar-refractivity contribution in [3.63, 3.8) is 0 Å². The Morgan fingerprint density at radius 1 is 0.792 bits per heavy atom. The van der Waals surface area contributed by atoms with Gasteiger partial charge in [0.05, 0.1) is 5.69 Å². The Labute approximate surface area is 142 Å². The average Bonchev–Trinajstić information content (AvgIpc) is 2.34. The van der Waals surface area contributed by atoms with E-state index in [1.807, 2.05) is 0 Å². The molecule has 0 spiro atoms. The summed E-state index contributed by atoms with van der Waals surface area (Å²) in [5.74, 6) is -0.109. The van der Waals surface area contributed by atoms with Crippen LogP contribution in [0.5, 0.6) is 0 Å². The van der Waals surface area contributed by atoms with Crippen molar-refractivity contribution in [2.24, 2.45) is 0 Å². The number of imide groups is 1. The number of carbonyl (C=O) groups excluding carboxylic acids is 3. The second-order valence-corrected chi connectivity index (χ2v) is 7.40. The average molecular weight is 335 g/mol. The lowest BCUT2D eigenvalue weighted by Gasteiger charge is -2.28. The molecule has 0 bridgehead atoms. The molecule has 1 aromatic carbocycles. The Hall–Kier alpha value is -2.37. The van der Waals surface area contributed by atoms with Crippen molar-refractivity contribution < 1.29 is 23.9 Å². The van der Waals surface area contributed by atoms with E-state index in [-0.39, 0.29) is 11.5 Å². The van der Waals surface area contributed by atoms with Gasteiger partial charge in [-0.2, -0.15) is 4.90 Å². The van der Waals surface area contributed by atoms with E-state index in [0.29, 0.717) is 5.56 Å². The van der Waals surface area contributed by atoms with Crippen LogP contribution in [0.1, 0.15) is 58.8 Å². The Bertz CT molecular complexity index is 592. The largest absolute Gasteiger partial charge is 0.443 e. The maximum atomic E-state index is 12.4. The van der Waals surface area contributed by atoms with E-state index in [1.54, 1.807) is 53.7 Å². The van der Waals surface area contributed by atoms with Crippen molar-refractivity contribution in [1.82, 2.24) is 0 Å². The van der Waals surface area contributed by atoms with Crippen LogP contribution in [-0.4, -0.2) is 29.2 Å². The van der Waals surface area contributed by atoms with E-state index in [9.17, 15) is 14.4 Å². The molecule has 0 unspecified atom stereocenters. The van der Waals surface area contributed by atoms with E-state index in [2.05, 4.69) is 0 Å². The summed E-state index contributed by atoms with van der Waals surface area (Å²) >= 11 is 0. The molecule has 0 aliphatic heterocycles. The fourth-order valence-corrected chi connectivity index (χ4v) is 1.75. The van der Waals surface area contributed by atoms with Gasteiger partial charge < -0.3 is 9.47 Å². The molecule has 0 aliphatic carbocycles. The Morgan fingerprint density at radius 2 is 1.17 bits per heavy atom. The first-order valence-electron chi connectivity index (χ1n) is 7.67. The molecular formula is C18H25NO5. The van der Waals surface area contributed by atoms with Crippen molar-refractivity contribution in [3.05, 3.63) is 29.8 Å². The van der Waals surface area contributed by atoms with Crippen LogP contribution in [0.15, 0.2) is 24.3 Å². The first kappa shape index (κ1) is 19.7. The smallest absolute Gasteiger partial charge is 0.424 e. The van der Waals surface area contributed by atoms with Crippen molar-refractivity contribution in [2.45, 2.75) is 59.7 Å². The number of hydrogen-bond acceptors (Lipinski definition) is 5. The van der Waals surface area contributed by atoms with Gasteiger partial charge in [0.25, 0.3) is 0 Å². The number of rotatable bonds is 2. The van der Waals surface area contributed by atoms with Gasteiger partial charge in [-0.3, -0.25) is 4.79 Å². The molecule has 0 atom stereocenters. The summed E-state index contributed by atoms with van der Waals surface area (Å²) in [7, 11) is 0. The van der Waals surface area contributed by atoms with Gasteiger partial charge in [0.1, 0.15) is 11.2 Å². The van der Waals surface area contributed by atoms with Gasteiger partial charge >= 0.3 is 12.2 Å². The Balaban J connectivity index is 3.19. The van der Waals surface area contributed by atoms with Gasteiger partial charge in [0.2, 0.25) is 0 Å². The van der Waals surface area contributed by atoms with Crippen molar-refractivity contribution in [1.29, 1.82) is 0 Å². The lowest BCUT2D eigenvalue weighted by molar-refractivity contribution is 0.0430. The van der Waals surface area contributed by atoms with E-state index in [0.717, 1.165) is 4.90 Å². The summed E-state index contributed by atoms with van der Waals surface area (Å²) < 4.78 is 10.6. The summed E-state index contributed by atoms with van der Waals surface area (Å²) in [6, 6.07) is 6.09. The molecule has 132 valence electrons. The molecule has 0 radical (unpaired) electrons. The first-order chi connectivity index (χ1) is 10.8. The van der Waals surface area contributed by atoms with Crippen LogP contribution >= 0.6 is 0 Å². The molecular weight excluding hydrogens is 310 g/mol. The normalized spacial score (nSPS) is 11.6. The van der Waals surface area contributed by atoms with Gasteiger partial charge in [0.15, 0.2) is 5.78 Å². The van der Waals surface area contributed by atoms with Crippen LogP contribution in [0.25, 0.3) is 0 Å². The highest BCUT2D eigenvalue weighted by atomic mass is 16.6. The third-order valence-electron chi connectivity index (χ3n) is 2.68. The highest BCUT2D eigenvalue weighted by Crippen LogP contribution is 2.22. The standard InChI is InChI=1S/C18H25NO5/c1-12(20)13-8-10-14(11-9-13)19(15(21)23-17(2,3)4)16(22)24-18(5,6)7/h8-11H,1-7H3. The number of hydrogen-bond donors (Lipinski definition) is 0. The van der Waals surface area contributed by atoms with Crippen LogP contribution in [0, 0.1) is 0 Å². The minimum absolute atomic E-state index is 0.109. The summed E-state index contributed by atoms with van der Waals surface area (Å²) in [4.78, 5) is 37.1. The minimum atomic E-state index is -0.840. The lowest BCUT2D eigenvalue weighted by atomic mass is 10.1. The summed E-state index contributed by atoms with van der Waals surface area (Å²) in [5.41, 5.74) is -0.788. The lowest BCUT2D eigenvalue weighted by Crippen LogP contribution is -2.43. The van der Waals surface area contributed by atoms with Gasteiger partial charge in [-0.15, -0.1) is 0 Å². The number of amides is 2. The van der Waals surface area contributed by atoms with Crippen LogP contribution in [0.2, 0.25) is 0 Å². The third kappa shape index (κ3) is 6.02. The second-order valence-electron chi connectivity index (χ2n) is 7.40. The fraction of sp³-hybridized carbons (Fsp3) is 0.500. The van der Waals surface area contributed by atoms with Gasteiger partial charge in [-0.1, -0.05) is 0 Å². The zero-order chi connectivity index (χ0) is 18.7. The topological polar surface area (TPSA) is 72.9 Å². The zero-order valence-corrected chi connectivity index (χ0v) is 15.3. The maximum Gasteiger partial charge on any atom is 0.424 e. The predicted octanol–water partition coefficient (Wildman–Crippen LogP) is 4.57. The molecule has 0 N–H and O–H groups in total. The van der Waals surface area contributed by atoms with Crippen LogP contribution in [0.4, 0.5) is 15.3 Å². The number of Topliss-reactive ketones (excluding diaryl/α,β-unsaturated/α-hetero) is 1. The molecule has 0 heterocycles. The Morgan fingerprint density at radius 3 is 1.46 bits per heavy atom. The molecule has 6 heteroatoms. The molecule has 1 aromatic rings. The molecule has 0 aliphatic rings. The van der Waals surface area contributed by atoms with Gasteiger partial charge in [-0.25, -0.2) is 9.59 Å². The number of ether oxygens (including phenoxy) is 2. The number of anilines is 1. The van der Waals surface area contributed by atoms with Crippen LogP contribution in [-0.2, 0) is 9.47 Å². The highest BCUT2D eigenvalue weighted by molar-refractivity contribution is 6.09. The molecule has 2 amide bonds. The van der Waals surface area contributed by atoms with Crippen molar-refractivity contribution >= 4 is 23.7 Å². The predicted molar refractivity (Wildman–Crippen MR) is 91.4 cm³/mol. The molecule has 0 saturated heterocycles. The van der Waals surface area contributed by atoms with E-state index < -0.39 is 23.4 Å². The quantitative estimate of drug-likeness (QED) is 0.740. The van der Waals surface area contributed by atoms with Gasteiger partial charge in [0, 0.05) is 5.56 Å². The Kier molecular flexibility index (Phi) is 5.76. The van der Waals surface area contributed by atoms with E-state index in [1.165, 1.54) is 19.1 Å². The first-order valence-corrected chi connectivity index (χ1v) is 7.67. The van der Waals surface area contributed by atoms with E-state index >= 15 is 0 Å². The number of benzene rings is 1. The fourth-order valence-electron chi connectivity index (χ4n) is 1.75. The molecule has 0 fully saturated rings. The van der Waals surface area contributed by atoms with E-state index in [4.69, 9.17) is 9.47 Å². The van der Waals surface area contributed by atoms with Crippen molar-refractivity contribution in [2.75, 3.05) is 4.90 Å². The zero-order valence-electron chi connectivity index (χ0n) is 15.3.